The van der Waals surface area contributed by atoms with E-state index in [1.165, 1.54) is 0 Å². The topological polar surface area (TPSA) is 87.7 Å². The van der Waals surface area contributed by atoms with Crippen molar-refractivity contribution in [1.29, 1.82) is 0 Å². The smallest absolute Gasteiger partial charge is 0.264 e. The molecule has 6 heteroatoms. The number of aryl methyl sites for hydroxylation is 1. The number of benzene rings is 1. The average Bonchev–Trinajstić information content (AvgIpc) is 2.70. The van der Waals surface area contributed by atoms with Crippen molar-refractivity contribution in [2.75, 3.05) is 13.3 Å². The van der Waals surface area contributed by atoms with E-state index in [1.807, 2.05) is 0 Å². The van der Waals surface area contributed by atoms with Crippen molar-refractivity contribution in [3.63, 3.8) is 0 Å². The summed E-state index contributed by atoms with van der Waals surface area (Å²) in [5, 5.41) is 14.0. The standard InChI is InChI=1S/C16H20N2O4/c19-10-18-14(20)12-3-4-13-11(9-12)5-7-16(22-13)6-1-2-8-17-15(16)21/h3-4,9,19H,1-2,5-8,10H2,(H,17,21)(H,18,20). The van der Waals surface area contributed by atoms with Crippen LogP contribution in [0, 0.1) is 0 Å². The zero-order valence-electron chi connectivity index (χ0n) is 12.4. The molecule has 0 aromatic heterocycles. The lowest BCUT2D eigenvalue weighted by Crippen LogP contribution is -2.51. The summed E-state index contributed by atoms with van der Waals surface area (Å²) in [5.41, 5.74) is 0.643. The fraction of sp³-hybridized carbons (Fsp3) is 0.500. The maximum absolute atomic E-state index is 12.3. The van der Waals surface area contributed by atoms with Crippen LogP contribution in [0.15, 0.2) is 18.2 Å². The van der Waals surface area contributed by atoms with Gasteiger partial charge in [0.05, 0.1) is 0 Å². The minimum atomic E-state index is -0.766. The summed E-state index contributed by atoms with van der Waals surface area (Å²) in [5.74, 6) is 0.319. The molecule has 0 aliphatic carbocycles. The summed E-state index contributed by atoms with van der Waals surface area (Å²) >= 11 is 0. The van der Waals surface area contributed by atoms with E-state index in [4.69, 9.17) is 9.84 Å². The number of amides is 2. The van der Waals surface area contributed by atoms with E-state index in [1.54, 1.807) is 18.2 Å². The lowest BCUT2D eigenvalue weighted by molar-refractivity contribution is -0.138. The van der Waals surface area contributed by atoms with Crippen LogP contribution in [0.1, 0.15) is 41.6 Å². The van der Waals surface area contributed by atoms with E-state index >= 15 is 0 Å². The van der Waals surface area contributed by atoms with E-state index in [0.717, 1.165) is 24.8 Å². The van der Waals surface area contributed by atoms with E-state index in [-0.39, 0.29) is 11.8 Å². The summed E-state index contributed by atoms with van der Waals surface area (Å²) in [6, 6.07) is 5.15. The number of aliphatic hydroxyl groups is 1. The molecular formula is C16H20N2O4. The van der Waals surface area contributed by atoms with Gasteiger partial charge in [-0.15, -0.1) is 0 Å². The second-order valence-electron chi connectivity index (χ2n) is 5.80. The van der Waals surface area contributed by atoms with Crippen molar-refractivity contribution in [3.05, 3.63) is 29.3 Å². The number of rotatable bonds is 2. The monoisotopic (exact) mass is 304 g/mol. The Morgan fingerprint density at radius 1 is 1.36 bits per heavy atom. The van der Waals surface area contributed by atoms with Crippen LogP contribution in [0.3, 0.4) is 0 Å². The van der Waals surface area contributed by atoms with E-state index in [9.17, 15) is 9.59 Å². The van der Waals surface area contributed by atoms with Crippen LogP contribution in [0.25, 0.3) is 0 Å². The molecule has 2 aliphatic heterocycles. The Labute approximate surface area is 128 Å². The molecule has 6 nitrogen and oxygen atoms in total. The minimum absolute atomic E-state index is 0.0299. The molecule has 1 saturated heterocycles. The number of nitrogens with one attached hydrogen (secondary N) is 2. The van der Waals surface area contributed by atoms with Gasteiger partial charge in [-0.1, -0.05) is 0 Å². The molecule has 0 saturated carbocycles. The lowest BCUT2D eigenvalue weighted by atomic mass is 9.86. The van der Waals surface area contributed by atoms with Gasteiger partial charge in [0.1, 0.15) is 12.5 Å². The highest BCUT2D eigenvalue weighted by atomic mass is 16.5. The molecule has 22 heavy (non-hydrogen) atoms. The Hall–Kier alpha value is -2.08. The first-order valence-electron chi connectivity index (χ1n) is 7.64. The van der Waals surface area contributed by atoms with E-state index in [0.29, 0.717) is 30.7 Å². The molecule has 0 radical (unpaired) electrons. The van der Waals surface area contributed by atoms with Crippen molar-refractivity contribution < 1.29 is 19.4 Å². The van der Waals surface area contributed by atoms with Crippen LogP contribution >= 0.6 is 0 Å². The highest BCUT2D eigenvalue weighted by Crippen LogP contribution is 2.37. The molecule has 2 amide bonds. The average molecular weight is 304 g/mol. The van der Waals surface area contributed by atoms with Gasteiger partial charge < -0.3 is 20.5 Å². The third-order valence-electron chi connectivity index (χ3n) is 4.37. The number of hydrogen-bond donors (Lipinski definition) is 3. The predicted molar refractivity (Wildman–Crippen MR) is 79.5 cm³/mol. The first-order valence-corrected chi connectivity index (χ1v) is 7.64. The Bertz CT molecular complexity index is 602. The van der Waals surface area contributed by atoms with Gasteiger partial charge in [0.2, 0.25) is 0 Å². The highest BCUT2D eigenvalue weighted by molar-refractivity contribution is 5.94. The van der Waals surface area contributed by atoms with Crippen LogP contribution in [0.2, 0.25) is 0 Å². The largest absolute Gasteiger partial charge is 0.477 e. The molecule has 1 aromatic rings. The van der Waals surface area contributed by atoms with Gasteiger partial charge in [-0.2, -0.15) is 0 Å². The molecule has 3 N–H and O–H groups in total. The Balaban J connectivity index is 1.84. The van der Waals surface area contributed by atoms with Gasteiger partial charge in [-0.3, -0.25) is 9.59 Å². The van der Waals surface area contributed by atoms with Gasteiger partial charge in [0, 0.05) is 18.5 Å². The molecule has 1 spiro atoms. The molecule has 3 rings (SSSR count). The summed E-state index contributed by atoms with van der Waals surface area (Å²) in [4.78, 5) is 24.1. The molecule has 118 valence electrons. The number of ether oxygens (including phenoxy) is 1. The summed E-state index contributed by atoms with van der Waals surface area (Å²) in [7, 11) is 0. The van der Waals surface area contributed by atoms with Crippen LogP contribution in [0.4, 0.5) is 0 Å². The second kappa shape index (κ2) is 5.96. The van der Waals surface area contributed by atoms with Crippen molar-refractivity contribution in [2.24, 2.45) is 0 Å². The van der Waals surface area contributed by atoms with Crippen LogP contribution in [0.5, 0.6) is 5.75 Å². The van der Waals surface area contributed by atoms with Crippen LogP contribution < -0.4 is 15.4 Å². The number of carbonyl (C=O) groups excluding carboxylic acids is 2. The molecule has 1 atom stereocenters. The first-order chi connectivity index (χ1) is 10.6. The van der Waals surface area contributed by atoms with Gasteiger partial charge >= 0.3 is 0 Å². The zero-order chi connectivity index (χ0) is 15.6. The number of aliphatic hydroxyl groups excluding tert-OH is 1. The summed E-state index contributed by atoms with van der Waals surface area (Å²) < 4.78 is 6.05. The summed E-state index contributed by atoms with van der Waals surface area (Å²) in [6.07, 6.45) is 3.99. The molecule has 2 heterocycles. The molecular weight excluding hydrogens is 284 g/mol. The molecule has 0 bridgehead atoms. The van der Waals surface area contributed by atoms with Crippen molar-refractivity contribution in [2.45, 2.75) is 37.7 Å². The van der Waals surface area contributed by atoms with Gasteiger partial charge in [0.25, 0.3) is 11.8 Å². The van der Waals surface area contributed by atoms with E-state index in [2.05, 4.69) is 10.6 Å². The normalized spacial score (nSPS) is 24.0. The fourth-order valence-corrected chi connectivity index (χ4v) is 3.14. The Kier molecular flexibility index (Phi) is 4.02. The minimum Gasteiger partial charge on any atom is -0.477 e. The SMILES string of the molecule is O=C(NCO)c1ccc2c(c1)CCC1(CCCCNC1=O)O2. The Morgan fingerprint density at radius 3 is 3.05 bits per heavy atom. The van der Waals surface area contributed by atoms with Crippen LogP contribution in [-0.4, -0.2) is 35.8 Å². The fourth-order valence-electron chi connectivity index (χ4n) is 3.14. The second-order valence-corrected chi connectivity index (χ2v) is 5.80. The predicted octanol–water partition coefficient (Wildman–Crippen LogP) is 0.730. The third-order valence-corrected chi connectivity index (χ3v) is 4.37. The molecule has 1 aromatic carbocycles. The number of fused-ring (bicyclic) bond motifs is 1. The summed E-state index contributed by atoms with van der Waals surface area (Å²) in [6.45, 7) is 0.312. The van der Waals surface area contributed by atoms with Gasteiger partial charge in [0.15, 0.2) is 5.60 Å². The molecule has 1 fully saturated rings. The highest BCUT2D eigenvalue weighted by Gasteiger charge is 2.44. The number of carbonyl (C=O) groups is 2. The molecule has 1 unspecified atom stereocenters. The van der Waals surface area contributed by atoms with Crippen LogP contribution in [-0.2, 0) is 11.2 Å². The maximum atomic E-state index is 12.3. The zero-order valence-corrected chi connectivity index (χ0v) is 12.4. The van der Waals surface area contributed by atoms with Crippen molar-refractivity contribution in [1.82, 2.24) is 10.6 Å². The first kappa shape index (κ1) is 14.8. The lowest BCUT2D eigenvalue weighted by Gasteiger charge is -2.36. The Morgan fingerprint density at radius 2 is 2.23 bits per heavy atom. The molecule has 2 aliphatic rings. The van der Waals surface area contributed by atoms with E-state index < -0.39 is 12.3 Å². The van der Waals surface area contributed by atoms with Gasteiger partial charge in [-0.05, 0) is 49.4 Å². The number of hydrogen-bond acceptors (Lipinski definition) is 4. The quantitative estimate of drug-likeness (QED) is 0.703. The van der Waals surface area contributed by atoms with Crippen molar-refractivity contribution >= 4 is 11.8 Å². The van der Waals surface area contributed by atoms with Crippen molar-refractivity contribution in [3.8, 4) is 5.75 Å². The maximum Gasteiger partial charge on any atom is 0.264 e. The van der Waals surface area contributed by atoms with Gasteiger partial charge in [-0.25, -0.2) is 0 Å². The third kappa shape index (κ3) is 2.66.